The zero-order chi connectivity index (χ0) is 16.2. The molecule has 0 radical (unpaired) electrons. The Labute approximate surface area is 135 Å². The third kappa shape index (κ3) is 3.44. The molecule has 2 aromatic rings. The summed E-state index contributed by atoms with van der Waals surface area (Å²) in [6.45, 7) is 5.47. The molecule has 0 unspecified atom stereocenters. The zero-order valence-corrected chi connectivity index (χ0v) is 13.8. The van der Waals surface area contributed by atoms with E-state index in [2.05, 4.69) is 27.2 Å². The number of piperidine rings is 1. The summed E-state index contributed by atoms with van der Waals surface area (Å²) in [5.41, 5.74) is 1.16. The van der Waals surface area contributed by atoms with Gasteiger partial charge in [-0.15, -0.1) is 0 Å². The molecular weight excluding hydrogens is 292 g/mol. The second-order valence-corrected chi connectivity index (χ2v) is 5.97. The van der Waals surface area contributed by atoms with Crippen molar-refractivity contribution in [3.8, 4) is 0 Å². The van der Waals surface area contributed by atoms with Crippen molar-refractivity contribution in [2.75, 3.05) is 18.0 Å². The monoisotopic (exact) mass is 316 g/mol. The van der Waals surface area contributed by atoms with Crippen molar-refractivity contribution < 1.29 is 0 Å². The van der Waals surface area contributed by atoms with Crippen LogP contribution in [0.3, 0.4) is 0 Å². The lowest BCUT2D eigenvalue weighted by Gasteiger charge is -2.33. The van der Waals surface area contributed by atoms with E-state index in [9.17, 15) is 4.79 Å². The van der Waals surface area contributed by atoms with Crippen LogP contribution in [-0.2, 0) is 20.1 Å². The Hall–Kier alpha value is -2.15. The minimum atomic E-state index is -0.0304. The molecule has 0 aliphatic carbocycles. The van der Waals surface area contributed by atoms with E-state index in [1.807, 2.05) is 16.9 Å². The normalized spacial score (nSPS) is 18.3. The molecule has 1 N–H and O–H groups in total. The summed E-state index contributed by atoms with van der Waals surface area (Å²) >= 11 is 0. The van der Waals surface area contributed by atoms with Crippen LogP contribution in [0.15, 0.2) is 29.5 Å². The average molecular weight is 316 g/mol. The summed E-state index contributed by atoms with van der Waals surface area (Å²) in [5, 5.41) is 7.89. The van der Waals surface area contributed by atoms with Crippen molar-refractivity contribution in [3.05, 3.63) is 40.7 Å². The number of nitrogens with one attached hydrogen (secondary N) is 1. The van der Waals surface area contributed by atoms with Crippen LogP contribution < -0.4 is 15.8 Å². The Balaban J connectivity index is 1.64. The SMILES string of the molecule is CCn1nccc1CN[C@@H]1CCCN(c2nccn(C)c2=O)C1. The highest BCUT2D eigenvalue weighted by Gasteiger charge is 2.22. The van der Waals surface area contributed by atoms with Gasteiger partial charge in [0.05, 0.1) is 5.69 Å². The average Bonchev–Trinajstić information content (AvgIpc) is 3.03. The van der Waals surface area contributed by atoms with E-state index >= 15 is 0 Å². The van der Waals surface area contributed by atoms with Gasteiger partial charge < -0.3 is 14.8 Å². The Kier molecular flexibility index (Phi) is 4.76. The molecule has 1 atom stereocenters. The van der Waals surface area contributed by atoms with Crippen molar-refractivity contribution >= 4 is 5.82 Å². The van der Waals surface area contributed by atoms with Gasteiger partial charge in [0.1, 0.15) is 0 Å². The van der Waals surface area contributed by atoms with Gasteiger partial charge in [0.25, 0.3) is 5.56 Å². The van der Waals surface area contributed by atoms with Gasteiger partial charge >= 0.3 is 0 Å². The van der Waals surface area contributed by atoms with Gasteiger partial charge in [0.2, 0.25) is 0 Å². The second-order valence-electron chi connectivity index (χ2n) is 5.97. The summed E-state index contributed by atoms with van der Waals surface area (Å²) in [7, 11) is 1.76. The third-order valence-corrected chi connectivity index (χ3v) is 4.40. The fraction of sp³-hybridized carbons (Fsp3) is 0.562. The lowest BCUT2D eigenvalue weighted by atomic mass is 10.1. The van der Waals surface area contributed by atoms with Gasteiger partial charge in [-0.05, 0) is 25.8 Å². The lowest BCUT2D eigenvalue weighted by molar-refractivity contribution is 0.411. The first-order chi connectivity index (χ1) is 11.2. The van der Waals surface area contributed by atoms with Crippen LogP contribution in [0.25, 0.3) is 0 Å². The summed E-state index contributed by atoms with van der Waals surface area (Å²) < 4.78 is 3.58. The van der Waals surface area contributed by atoms with Crippen LogP contribution in [0.5, 0.6) is 0 Å². The standard InChI is InChI=1S/C16H24N6O/c1-3-22-14(6-7-19-22)11-18-13-5-4-9-21(12-13)15-16(23)20(2)10-8-17-15/h6-8,10,13,18H,3-5,9,11-12H2,1-2H3/t13-/m1/s1. The first-order valence-corrected chi connectivity index (χ1v) is 8.19. The molecule has 2 aromatic heterocycles. The maximum absolute atomic E-state index is 12.2. The molecule has 0 aromatic carbocycles. The third-order valence-electron chi connectivity index (χ3n) is 4.40. The molecule has 0 saturated carbocycles. The number of rotatable bonds is 5. The molecule has 0 amide bonds. The molecule has 0 bridgehead atoms. The van der Waals surface area contributed by atoms with Gasteiger partial charge in [-0.3, -0.25) is 9.48 Å². The van der Waals surface area contributed by atoms with Crippen molar-refractivity contribution in [2.24, 2.45) is 7.05 Å². The highest BCUT2D eigenvalue weighted by Crippen LogP contribution is 2.15. The Bertz CT molecular complexity index is 707. The van der Waals surface area contributed by atoms with Crippen molar-refractivity contribution in [3.63, 3.8) is 0 Å². The molecule has 1 aliphatic rings. The minimum Gasteiger partial charge on any atom is -0.350 e. The largest absolute Gasteiger partial charge is 0.350 e. The van der Waals surface area contributed by atoms with Crippen LogP contribution >= 0.6 is 0 Å². The second kappa shape index (κ2) is 6.95. The van der Waals surface area contributed by atoms with Crippen LogP contribution in [0.2, 0.25) is 0 Å². The fourth-order valence-electron chi connectivity index (χ4n) is 3.08. The number of aromatic nitrogens is 4. The summed E-state index contributed by atoms with van der Waals surface area (Å²) in [6, 6.07) is 2.40. The molecule has 7 heteroatoms. The van der Waals surface area contributed by atoms with Crippen molar-refractivity contribution in [2.45, 2.75) is 38.9 Å². The van der Waals surface area contributed by atoms with E-state index in [0.717, 1.165) is 39.0 Å². The highest BCUT2D eigenvalue weighted by atomic mass is 16.1. The predicted molar refractivity (Wildman–Crippen MR) is 89.5 cm³/mol. The van der Waals surface area contributed by atoms with Crippen LogP contribution in [0, 0.1) is 0 Å². The van der Waals surface area contributed by atoms with Gasteiger partial charge in [-0.2, -0.15) is 5.10 Å². The van der Waals surface area contributed by atoms with Crippen LogP contribution in [0.1, 0.15) is 25.5 Å². The highest BCUT2D eigenvalue weighted by molar-refractivity contribution is 5.36. The number of hydrogen-bond acceptors (Lipinski definition) is 5. The summed E-state index contributed by atoms with van der Waals surface area (Å²) in [6.07, 6.45) is 7.39. The number of nitrogens with zero attached hydrogens (tertiary/aromatic N) is 5. The zero-order valence-electron chi connectivity index (χ0n) is 13.8. The Morgan fingerprint density at radius 2 is 2.26 bits per heavy atom. The predicted octanol–water partition coefficient (Wildman–Crippen LogP) is 0.755. The molecule has 23 heavy (non-hydrogen) atoms. The maximum atomic E-state index is 12.2. The molecule has 0 spiro atoms. The van der Waals surface area contributed by atoms with E-state index < -0.39 is 0 Å². The molecule has 1 aliphatic heterocycles. The van der Waals surface area contributed by atoms with Crippen LogP contribution in [0.4, 0.5) is 5.82 Å². The summed E-state index contributed by atoms with van der Waals surface area (Å²) in [5.74, 6) is 0.556. The lowest BCUT2D eigenvalue weighted by Crippen LogP contribution is -2.47. The maximum Gasteiger partial charge on any atom is 0.293 e. The Morgan fingerprint density at radius 3 is 3.09 bits per heavy atom. The van der Waals surface area contributed by atoms with Gasteiger partial charge in [-0.25, -0.2) is 4.98 Å². The molecule has 124 valence electrons. The van der Waals surface area contributed by atoms with Gasteiger partial charge in [0.15, 0.2) is 5.82 Å². The topological polar surface area (TPSA) is 68.0 Å². The van der Waals surface area contributed by atoms with E-state index in [1.54, 1.807) is 24.0 Å². The van der Waals surface area contributed by atoms with Crippen molar-refractivity contribution in [1.29, 1.82) is 0 Å². The number of hydrogen-bond donors (Lipinski definition) is 1. The summed E-state index contributed by atoms with van der Waals surface area (Å²) in [4.78, 5) is 18.6. The molecule has 7 nitrogen and oxygen atoms in total. The first kappa shape index (κ1) is 15.7. The minimum absolute atomic E-state index is 0.0304. The van der Waals surface area contributed by atoms with E-state index in [0.29, 0.717) is 11.9 Å². The van der Waals surface area contributed by atoms with E-state index in [1.165, 1.54) is 5.69 Å². The molecule has 3 rings (SSSR count). The van der Waals surface area contributed by atoms with Crippen LogP contribution in [-0.4, -0.2) is 38.5 Å². The molecular formula is C16H24N6O. The Morgan fingerprint density at radius 1 is 1.39 bits per heavy atom. The number of aryl methyl sites for hydroxylation is 2. The van der Waals surface area contributed by atoms with Gasteiger partial charge in [-0.1, -0.05) is 0 Å². The number of anilines is 1. The van der Waals surface area contributed by atoms with E-state index in [4.69, 9.17) is 0 Å². The van der Waals surface area contributed by atoms with E-state index in [-0.39, 0.29) is 5.56 Å². The molecule has 1 saturated heterocycles. The van der Waals surface area contributed by atoms with Gasteiger partial charge in [0, 0.05) is 57.9 Å². The van der Waals surface area contributed by atoms with Crippen molar-refractivity contribution in [1.82, 2.24) is 24.6 Å². The molecule has 3 heterocycles. The smallest absolute Gasteiger partial charge is 0.293 e. The quantitative estimate of drug-likeness (QED) is 0.882. The molecule has 1 fully saturated rings. The first-order valence-electron chi connectivity index (χ1n) is 8.19. The fourth-order valence-corrected chi connectivity index (χ4v) is 3.08.